The van der Waals surface area contributed by atoms with Gasteiger partial charge < -0.3 is 15.2 Å². The minimum Gasteiger partial charge on any atom is -0.461 e. The summed E-state index contributed by atoms with van der Waals surface area (Å²) in [5.41, 5.74) is 5.17. The van der Waals surface area contributed by atoms with Crippen molar-refractivity contribution in [2.45, 2.75) is 13.0 Å². The molecule has 1 aromatic rings. The molecule has 0 spiro atoms. The summed E-state index contributed by atoms with van der Waals surface area (Å²) in [4.78, 5) is 14.6. The van der Waals surface area contributed by atoms with Gasteiger partial charge in [-0.1, -0.05) is 23.2 Å². The summed E-state index contributed by atoms with van der Waals surface area (Å²) >= 11 is 11.2. The lowest BCUT2D eigenvalue weighted by Crippen LogP contribution is -2.27. The van der Waals surface area contributed by atoms with Crippen molar-refractivity contribution >= 4 is 34.9 Å². The minimum atomic E-state index is -1.16. The van der Waals surface area contributed by atoms with Crippen LogP contribution in [0.3, 0.4) is 0 Å². The van der Waals surface area contributed by atoms with Gasteiger partial charge in [0.2, 0.25) is 11.8 Å². The number of anilines is 1. The first-order valence-electron chi connectivity index (χ1n) is 5.07. The molecule has 106 valence electrons. The lowest BCUT2D eigenvalue weighted by Gasteiger charge is -2.14. The monoisotopic (exact) mass is 314 g/mol. The van der Waals surface area contributed by atoms with Gasteiger partial charge in [-0.05, 0) is 6.92 Å². The predicted molar refractivity (Wildman–Crippen MR) is 65.7 cm³/mol. The molecule has 0 saturated carbocycles. The zero-order valence-electron chi connectivity index (χ0n) is 9.75. The fourth-order valence-corrected chi connectivity index (χ4v) is 1.43. The number of pyridine rings is 1. The molecule has 0 saturated heterocycles. The Hall–Kier alpha value is -1.34. The number of esters is 1. The summed E-state index contributed by atoms with van der Waals surface area (Å²) in [5, 5.41) is -0.665. The molecule has 0 aliphatic rings. The molecule has 0 bridgehead atoms. The van der Waals surface area contributed by atoms with Gasteiger partial charge in [-0.25, -0.2) is 9.18 Å². The number of nitrogen functional groups attached to an aromatic ring is 1. The summed E-state index contributed by atoms with van der Waals surface area (Å²) in [5.74, 6) is -2.32. The van der Waals surface area contributed by atoms with Crippen molar-refractivity contribution in [2.75, 3.05) is 19.0 Å². The highest BCUT2D eigenvalue weighted by Crippen LogP contribution is 2.35. The highest BCUT2D eigenvalue weighted by atomic mass is 35.5. The average molecular weight is 315 g/mol. The smallest absolute Gasteiger partial charge is 0.347 e. The summed E-state index contributed by atoms with van der Waals surface area (Å²) in [7, 11) is 0. The molecule has 9 heteroatoms. The molecule has 5 nitrogen and oxygen atoms in total. The normalized spacial score (nSPS) is 12.1. The van der Waals surface area contributed by atoms with Gasteiger partial charge in [0, 0.05) is 0 Å². The Morgan fingerprint density at radius 2 is 2.11 bits per heavy atom. The zero-order chi connectivity index (χ0) is 14.6. The number of rotatable bonds is 5. The van der Waals surface area contributed by atoms with E-state index in [0.717, 1.165) is 0 Å². The number of carbonyl (C=O) groups is 1. The van der Waals surface area contributed by atoms with E-state index in [0.29, 0.717) is 0 Å². The van der Waals surface area contributed by atoms with E-state index in [9.17, 15) is 13.6 Å². The number of ether oxygens (including phenoxy) is 2. The van der Waals surface area contributed by atoms with Gasteiger partial charge in [-0.15, -0.1) is 0 Å². The number of aromatic nitrogens is 1. The molecule has 1 heterocycles. The third-order valence-corrected chi connectivity index (χ3v) is 2.71. The van der Waals surface area contributed by atoms with Crippen LogP contribution in [0.4, 0.5) is 14.5 Å². The summed E-state index contributed by atoms with van der Waals surface area (Å²) in [6.45, 7) is 0.0894. The maximum atomic E-state index is 13.2. The molecule has 0 radical (unpaired) electrons. The number of hydrogen-bond donors (Lipinski definition) is 1. The lowest BCUT2D eigenvalue weighted by atomic mass is 10.4. The second-order valence-electron chi connectivity index (χ2n) is 3.37. The van der Waals surface area contributed by atoms with E-state index >= 15 is 0 Å². The molecular weight excluding hydrogens is 305 g/mol. The summed E-state index contributed by atoms with van der Waals surface area (Å²) < 4.78 is 34.6. The summed E-state index contributed by atoms with van der Waals surface area (Å²) in [6, 6.07) is 0. The molecule has 1 aromatic heterocycles. The van der Waals surface area contributed by atoms with E-state index in [1.54, 1.807) is 0 Å². The first-order valence-corrected chi connectivity index (χ1v) is 5.83. The zero-order valence-corrected chi connectivity index (χ0v) is 11.3. The molecule has 19 heavy (non-hydrogen) atoms. The van der Waals surface area contributed by atoms with Crippen molar-refractivity contribution in [1.29, 1.82) is 0 Å². The molecule has 2 N–H and O–H groups in total. The van der Waals surface area contributed by atoms with E-state index in [4.69, 9.17) is 33.7 Å². The van der Waals surface area contributed by atoms with E-state index in [1.807, 2.05) is 0 Å². The van der Waals surface area contributed by atoms with Crippen LogP contribution < -0.4 is 10.5 Å². The van der Waals surface area contributed by atoms with Gasteiger partial charge in [0.25, 0.3) is 0 Å². The number of halogens is 4. The molecule has 0 unspecified atom stereocenters. The molecular formula is C10H10Cl2F2N2O3. The Kier molecular flexibility index (Phi) is 5.56. The third kappa shape index (κ3) is 3.81. The van der Waals surface area contributed by atoms with E-state index < -0.39 is 42.2 Å². The maximum Gasteiger partial charge on any atom is 0.347 e. The highest BCUT2D eigenvalue weighted by Gasteiger charge is 2.22. The van der Waals surface area contributed by atoms with Crippen LogP contribution in [0.1, 0.15) is 6.92 Å². The van der Waals surface area contributed by atoms with Gasteiger partial charge in [0.15, 0.2) is 6.10 Å². The van der Waals surface area contributed by atoms with Gasteiger partial charge in [0.1, 0.15) is 23.3 Å². The molecule has 0 fully saturated rings. The van der Waals surface area contributed by atoms with E-state index in [1.165, 1.54) is 6.92 Å². The van der Waals surface area contributed by atoms with Crippen LogP contribution in [-0.4, -0.2) is 30.3 Å². The first-order chi connectivity index (χ1) is 8.88. The topological polar surface area (TPSA) is 74.4 Å². The van der Waals surface area contributed by atoms with Gasteiger partial charge in [-0.2, -0.15) is 9.37 Å². The van der Waals surface area contributed by atoms with Crippen molar-refractivity contribution in [3.63, 3.8) is 0 Å². The molecule has 0 aliphatic heterocycles. The fraction of sp³-hybridized carbons (Fsp3) is 0.400. The van der Waals surface area contributed by atoms with Crippen molar-refractivity contribution < 1.29 is 23.0 Å². The van der Waals surface area contributed by atoms with Crippen molar-refractivity contribution in [1.82, 2.24) is 4.98 Å². The predicted octanol–water partition coefficient (Wildman–Crippen LogP) is 2.39. The van der Waals surface area contributed by atoms with Crippen molar-refractivity contribution in [3.8, 4) is 5.88 Å². The summed E-state index contributed by atoms with van der Waals surface area (Å²) in [6.07, 6.45) is -1.16. The van der Waals surface area contributed by atoms with E-state index in [-0.39, 0.29) is 10.7 Å². The first kappa shape index (κ1) is 15.7. The number of nitrogens with zero attached hydrogens (tertiary/aromatic N) is 1. The van der Waals surface area contributed by atoms with Crippen LogP contribution in [0.15, 0.2) is 0 Å². The largest absolute Gasteiger partial charge is 0.461 e. The third-order valence-electron chi connectivity index (χ3n) is 1.98. The van der Waals surface area contributed by atoms with Crippen molar-refractivity contribution in [3.05, 3.63) is 16.0 Å². The van der Waals surface area contributed by atoms with Crippen LogP contribution in [0.5, 0.6) is 5.88 Å². The molecule has 1 atom stereocenters. The van der Waals surface area contributed by atoms with Gasteiger partial charge >= 0.3 is 5.97 Å². The molecule has 0 aromatic carbocycles. The minimum absolute atomic E-state index is 0.225. The second kappa shape index (κ2) is 6.72. The molecule has 0 amide bonds. The number of hydrogen-bond acceptors (Lipinski definition) is 5. The standard InChI is InChI=1S/C10H10Cl2F2N2O3/c1-4(10(17)18-3-2-13)19-9-6(12)7(15)5(11)8(14)16-9/h4H,2-3H2,1H3,(H2,15,16)/t4-/m1/s1. The van der Waals surface area contributed by atoms with Crippen LogP contribution in [0.2, 0.25) is 10.0 Å². The SMILES string of the molecule is C[C@@H](Oc1nc(F)c(Cl)c(N)c1Cl)C(=O)OCCF. The second-order valence-corrected chi connectivity index (χ2v) is 4.12. The fourth-order valence-electron chi connectivity index (χ4n) is 1.06. The maximum absolute atomic E-state index is 13.2. The van der Waals surface area contributed by atoms with Gasteiger partial charge in [0.05, 0.1) is 5.69 Å². The lowest BCUT2D eigenvalue weighted by molar-refractivity contribution is -0.151. The molecule has 1 rings (SSSR count). The molecule has 0 aliphatic carbocycles. The van der Waals surface area contributed by atoms with Crippen LogP contribution in [0.25, 0.3) is 0 Å². The highest BCUT2D eigenvalue weighted by molar-refractivity contribution is 6.39. The van der Waals surface area contributed by atoms with Crippen LogP contribution in [-0.2, 0) is 9.53 Å². The Balaban J connectivity index is 2.85. The van der Waals surface area contributed by atoms with E-state index in [2.05, 4.69) is 9.72 Å². The van der Waals surface area contributed by atoms with Gasteiger partial charge in [-0.3, -0.25) is 0 Å². The average Bonchev–Trinajstić information content (AvgIpc) is 2.39. The Morgan fingerprint density at radius 3 is 2.68 bits per heavy atom. The quantitative estimate of drug-likeness (QED) is 0.667. The number of alkyl halides is 1. The Bertz CT molecular complexity index is 488. The van der Waals surface area contributed by atoms with Crippen LogP contribution in [0, 0.1) is 5.95 Å². The number of carbonyl (C=O) groups excluding carboxylic acids is 1. The number of nitrogens with two attached hydrogens (primary N) is 1. The Morgan fingerprint density at radius 1 is 1.47 bits per heavy atom. The Labute approximate surface area is 117 Å². The van der Waals surface area contributed by atoms with Crippen molar-refractivity contribution in [2.24, 2.45) is 0 Å². The van der Waals surface area contributed by atoms with Crippen LogP contribution >= 0.6 is 23.2 Å².